The van der Waals surface area contributed by atoms with Crippen LogP contribution in [0.25, 0.3) is 0 Å². The Bertz CT molecular complexity index is 351. The first kappa shape index (κ1) is 13.6. The van der Waals surface area contributed by atoms with Crippen LogP contribution in [0.3, 0.4) is 0 Å². The van der Waals surface area contributed by atoms with E-state index < -0.39 is 5.97 Å². The minimum atomic E-state index is -0.743. The molecule has 0 saturated heterocycles. The number of rotatable bonds is 8. The fourth-order valence-electron chi connectivity index (χ4n) is 1.63. The van der Waals surface area contributed by atoms with Crippen molar-refractivity contribution in [3.8, 4) is 0 Å². The third-order valence-corrected chi connectivity index (χ3v) is 2.47. The van der Waals surface area contributed by atoms with Crippen LogP contribution in [0.4, 0.5) is 0 Å². The molecular weight excluding hydrogens is 220 g/mol. The van der Waals surface area contributed by atoms with Gasteiger partial charge in [-0.05, 0) is 26.4 Å². The van der Waals surface area contributed by atoms with Crippen LogP contribution in [-0.2, 0) is 17.9 Å². The highest BCUT2D eigenvalue weighted by atomic mass is 16.4. The molecule has 1 aromatic heterocycles. The van der Waals surface area contributed by atoms with Crippen molar-refractivity contribution in [2.45, 2.75) is 39.3 Å². The monoisotopic (exact) mass is 240 g/mol. The molecule has 6 nitrogen and oxygen atoms in total. The first-order valence-corrected chi connectivity index (χ1v) is 5.90. The van der Waals surface area contributed by atoms with Gasteiger partial charge < -0.3 is 5.11 Å². The molecule has 0 bridgehead atoms. The van der Waals surface area contributed by atoms with Crippen LogP contribution in [0.2, 0.25) is 0 Å². The van der Waals surface area contributed by atoms with E-state index in [1.54, 1.807) is 6.33 Å². The molecule has 0 saturated carbocycles. The van der Waals surface area contributed by atoms with Crippen molar-refractivity contribution < 1.29 is 9.90 Å². The van der Waals surface area contributed by atoms with Crippen molar-refractivity contribution in [1.29, 1.82) is 0 Å². The maximum atomic E-state index is 10.4. The van der Waals surface area contributed by atoms with Crippen LogP contribution in [-0.4, -0.2) is 44.3 Å². The third-order valence-electron chi connectivity index (χ3n) is 2.47. The second kappa shape index (κ2) is 7.01. The maximum Gasteiger partial charge on any atom is 0.303 e. The lowest BCUT2D eigenvalue weighted by Gasteiger charge is -2.15. The quantitative estimate of drug-likeness (QED) is 0.733. The topological polar surface area (TPSA) is 71.2 Å². The summed E-state index contributed by atoms with van der Waals surface area (Å²) in [5.41, 5.74) is 0. The van der Waals surface area contributed by atoms with Crippen LogP contribution >= 0.6 is 0 Å². The summed E-state index contributed by atoms with van der Waals surface area (Å²) < 4.78 is 1.90. The second-order valence-corrected chi connectivity index (χ2v) is 4.13. The summed E-state index contributed by atoms with van der Waals surface area (Å²) >= 11 is 0. The lowest BCUT2D eigenvalue weighted by Crippen LogP contribution is -2.22. The summed E-state index contributed by atoms with van der Waals surface area (Å²) in [6.45, 7) is 4.44. The van der Waals surface area contributed by atoms with Crippen molar-refractivity contribution >= 4 is 5.97 Å². The largest absolute Gasteiger partial charge is 0.481 e. The average Bonchev–Trinajstić information content (AvgIpc) is 2.66. The fraction of sp³-hybridized carbons (Fsp3) is 0.727. The molecule has 0 amide bonds. The fourth-order valence-corrected chi connectivity index (χ4v) is 1.63. The molecule has 0 aromatic carbocycles. The zero-order chi connectivity index (χ0) is 12.7. The predicted octanol–water partition coefficient (Wildman–Crippen LogP) is 0.985. The highest BCUT2D eigenvalue weighted by molar-refractivity contribution is 5.66. The van der Waals surface area contributed by atoms with Crippen LogP contribution < -0.4 is 0 Å². The molecule has 0 aliphatic heterocycles. The van der Waals surface area contributed by atoms with Gasteiger partial charge in [-0.25, -0.2) is 9.67 Å². The molecule has 0 fully saturated rings. The molecule has 0 aliphatic carbocycles. The zero-order valence-electron chi connectivity index (χ0n) is 10.5. The highest BCUT2D eigenvalue weighted by Crippen LogP contribution is 2.02. The van der Waals surface area contributed by atoms with Crippen LogP contribution in [0.15, 0.2) is 6.33 Å². The molecule has 1 heterocycles. The first-order chi connectivity index (χ1) is 8.13. The summed E-state index contributed by atoms with van der Waals surface area (Å²) in [4.78, 5) is 16.7. The average molecular weight is 240 g/mol. The molecular formula is C11H20N4O2. The van der Waals surface area contributed by atoms with Crippen LogP contribution in [0, 0.1) is 0 Å². The van der Waals surface area contributed by atoms with Crippen molar-refractivity contribution in [1.82, 2.24) is 19.7 Å². The van der Waals surface area contributed by atoms with E-state index in [9.17, 15) is 4.79 Å². The van der Waals surface area contributed by atoms with E-state index >= 15 is 0 Å². The Morgan fingerprint density at radius 2 is 2.35 bits per heavy atom. The van der Waals surface area contributed by atoms with Crippen LogP contribution in [0.5, 0.6) is 0 Å². The van der Waals surface area contributed by atoms with Gasteiger partial charge in [0.1, 0.15) is 12.2 Å². The van der Waals surface area contributed by atoms with Crippen molar-refractivity contribution in [3.63, 3.8) is 0 Å². The lowest BCUT2D eigenvalue weighted by atomic mass is 10.3. The molecule has 0 unspecified atom stereocenters. The normalized spacial score (nSPS) is 11.0. The number of carboxylic acid groups (broad SMARTS) is 1. The minimum Gasteiger partial charge on any atom is -0.481 e. The SMILES string of the molecule is CCCn1ncnc1CN(C)CCCC(=O)O. The summed E-state index contributed by atoms with van der Waals surface area (Å²) in [6, 6.07) is 0. The van der Waals surface area contributed by atoms with Gasteiger partial charge in [-0.2, -0.15) is 5.10 Å². The number of aliphatic carboxylic acids is 1. The zero-order valence-corrected chi connectivity index (χ0v) is 10.5. The molecule has 1 rings (SSSR count). The van der Waals surface area contributed by atoms with E-state index in [4.69, 9.17) is 5.11 Å². The highest BCUT2D eigenvalue weighted by Gasteiger charge is 2.07. The molecule has 0 radical (unpaired) electrons. The number of hydrogen-bond donors (Lipinski definition) is 1. The first-order valence-electron chi connectivity index (χ1n) is 5.90. The molecule has 1 aromatic rings. The lowest BCUT2D eigenvalue weighted by molar-refractivity contribution is -0.137. The minimum absolute atomic E-state index is 0.214. The number of nitrogens with zero attached hydrogens (tertiary/aromatic N) is 4. The van der Waals surface area contributed by atoms with Crippen molar-refractivity contribution in [2.75, 3.05) is 13.6 Å². The van der Waals surface area contributed by atoms with Gasteiger partial charge in [-0.1, -0.05) is 6.92 Å². The van der Waals surface area contributed by atoms with E-state index in [2.05, 4.69) is 21.9 Å². The van der Waals surface area contributed by atoms with E-state index in [0.29, 0.717) is 13.0 Å². The Morgan fingerprint density at radius 3 is 3.00 bits per heavy atom. The van der Waals surface area contributed by atoms with Gasteiger partial charge in [0.15, 0.2) is 0 Å². The second-order valence-electron chi connectivity index (χ2n) is 4.13. The Kier molecular flexibility index (Phi) is 5.62. The summed E-state index contributed by atoms with van der Waals surface area (Å²) in [5, 5.41) is 12.7. The number of hydrogen-bond acceptors (Lipinski definition) is 4. The van der Waals surface area contributed by atoms with Gasteiger partial charge in [0.25, 0.3) is 0 Å². The third kappa shape index (κ3) is 4.95. The van der Waals surface area contributed by atoms with Gasteiger partial charge in [0.05, 0.1) is 6.54 Å². The van der Waals surface area contributed by atoms with Gasteiger partial charge in [-0.15, -0.1) is 0 Å². The summed E-state index contributed by atoms with van der Waals surface area (Å²) in [6.07, 6.45) is 3.47. The summed E-state index contributed by atoms with van der Waals surface area (Å²) in [5.74, 6) is 0.192. The summed E-state index contributed by atoms with van der Waals surface area (Å²) in [7, 11) is 1.97. The van der Waals surface area contributed by atoms with Gasteiger partial charge >= 0.3 is 5.97 Å². The Balaban J connectivity index is 2.36. The standard InChI is InChI=1S/C11H20N4O2/c1-3-6-15-10(12-9-13-15)8-14(2)7-4-5-11(16)17/h9H,3-8H2,1-2H3,(H,16,17). The van der Waals surface area contributed by atoms with Crippen LogP contribution in [0.1, 0.15) is 32.0 Å². The molecule has 0 aliphatic rings. The Labute approximate surface area is 101 Å². The number of aryl methyl sites for hydroxylation is 1. The van der Waals surface area contributed by atoms with E-state index in [1.165, 1.54) is 0 Å². The molecule has 17 heavy (non-hydrogen) atoms. The van der Waals surface area contributed by atoms with E-state index in [-0.39, 0.29) is 6.42 Å². The van der Waals surface area contributed by atoms with Crippen molar-refractivity contribution in [3.05, 3.63) is 12.2 Å². The van der Waals surface area contributed by atoms with Gasteiger partial charge in [0, 0.05) is 13.0 Å². The molecule has 0 spiro atoms. The van der Waals surface area contributed by atoms with Gasteiger partial charge in [0.2, 0.25) is 0 Å². The number of aromatic nitrogens is 3. The van der Waals surface area contributed by atoms with Crippen molar-refractivity contribution in [2.24, 2.45) is 0 Å². The molecule has 0 atom stereocenters. The molecule has 1 N–H and O–H groups in total. The van der Waals surface area contributed by atoms with E-state index in [0.717, 1.165) is 25.3 Å². The number of carboxylic acids is 1. The maximum absolute atomic E-state index is 10.4. The van der Waals surface area contributed by atoms with Gasteiger partial charge in [-0.3, -0.25) is 9.69 Å². The molecule has 6 heteroatoms. The Hall–Kier alpha value is -1.43. The van der Waals surface area contributed by atoms with E-state index in [1.807, 2.05) is 11.7 Å². The smallest absolute Gasteiger partial charge is 0.303 e. The number of carbonyl (C=O) groups is 1. The predicted molar refractivity (Wildman–Crippen MR) is 63.5 cm³/mol. The molecule has 96 valence electrons. The Morgan fingerprint density at radius 1 is 1.59 bits per heavy atom.